The van der Waals surface area contributed by atoms with Gasteiger partial charge in [0.05, 0.1) is 17.9 Å². The number of nitrogen functional groups attached to an aromatic ring is 1. The van der Waals surface area contributed by atoms with Crippen molar-refractivity contribution >= 4 is 11.5 Å². The Balaban J connectivity index is 2.20. The molecule has 0 saturated carbocycles. The summed E-state index contributed by atoms with van der Waals surface area (Å²) in [6.07, 6.45) is 2.24. The normalized spacial score (nSPS) is 26.7. The highest BCUT2D eigenvalue weighted by Gasteiger charge is 2.23. The van der Waals surface area contributed by atoms with Gasteiger partial charge in [-0.2, -0.15) is 0 Å². The van der Waals surface area contributed by atoms with Crippen LogP contribution >= 0.6 is 0 Å². The molecule has 1 aromatic rings. The Morgan fingerprint density at radius 3 is 2.67 bits per heavy atom. The summed E-state index contributed by atoms with van der Waals surface area (Å²) in [6, 6.07) is 3.74. The molecule has 2 N–H and O–H groups in total. The molecule has 1 aliphatic heterocycles. The number of hydrogen-bond acceptors (Lipinski definition) is 4. The second-order valence-corrected chi connectivity index (χ2v) is 4.08. The van der Waals surface area contributed by atoms with Gasteiger partial charge in [-0.25, -0.2) is 4.98 Å². The Kier molecular flexibility index (Phi) is 2.77. The fourth-order valence-electron chi connectivity index (χ4n) is 2.02. The Labute approximate surface area is 90.0 Å². The Morgan fingerprint density at radius 2 is 2.07 bits per heavy atom. The molecule has 2 rings (SSSR count). The molecular formula is C11H17N3O. The molecule has 2 unspecified atom stereocenters. The second-order valence-electron chi connectivity index (χ2n) is 4.08. The van der Waals surface area contributed by atoms with E-state index in [9.17, 15) is 0 Å². The first kappa shape index (κ1) is 10.2. The van der Waals surface area contributed by atoms with E-state index in [-0.39, 0.29) is 12.2 Å². The predicted octanol–water partition coefficient (Wildman–Crippen LogP) is 1.28. The highest BCUT2D eigenvalue weighted by atomic mass is 16.5. The first-order valence-corrected chi connectivity index (χ1v) is 5.27. The van der Waals surface area contributed by atoms with Crippen LogP contribution in [0.4, 0.5) is 11.5 Å². The second kappa shape index (κ2) is 4.06. The van der Waals surface area contributed by atoms with Gasteiger partial charge in [-0.3, -0.25) is 0 Å². The molecule has 0 spiro atoms. The summed E-state index contributed by atoms with van der Waals surface area (Å²) >= 11 is 0. The standard InChI is InChI=1S/C11H17N3O/c1-8-6-14(7-9(2)15-8)11-10(12)4-3-5-13-11/h3-5,8-9H,6-7,12H2,1-2H3. The summed E-state index contributed by atoms with van der Waals surface area (Å²) in [7, 11) is 0. The number of nitrogens with two attached hydrogens (primary N) is 1. The molecule has 1 aromatic heterocycles. The van der Waals surface area contributed by atoms with Crippen molar-refractivity contribution in [3.05, 3.63) is 18.3 Å². The maximum atomic E-state index is 5.90. The van der Waals surface area contributed by atoms with E-state index in [0.29, 0.717) is 0 Å². The summed E-state index contributed by atoms with van der Waals surface area (Å²) in [5, 5.41) is 0. The van der Waals surface area contributed by atoms with Crippen LogP contribution in [0.2, 0.25) is 0 Å². The summed E-state index contributed by atoms with van der Waals surface area (Å²) < 4.78 is 5.67. The number of ether oxygens (including phenoxy) is 1. The van der Waals surface area contributed by atoms with E-state index in [1.54, 1.807) is 6.20 Å². The third kappa shape index (κ3) is 2.21. The lowest BCUT2D eigenvalue weighted by atomic mass is 10.2. The summed E-state index contributed by atoms with van der Waals surface area (Å²) in [6.45, 7) is 5.85. The van der Waals surface area contributed by atoms with Crippen LogP contribution in [0.15, 0.2) is 18.3 Å². The summed E-state index contributed by atoms with van der Waals surface area (Å²) in [4.78, 5) is 6.50. The molecule has 1 saturated heterocycles. The van der Waals surface area contributed by atoms with Gasteiger partial charge in [-0.15, -0.1) is 0 Å². The maximum absolute atomic E-state index is 5.90. The van der Waals surface area contributed by atoms with Crippen LogP contribution < -0.4 is 10.6 Å². The van der Waals surface area contributed by atoms with Gasteiger partial charge in [-0.1, -0.05) is 0 Å². The quantitative estimate of drug-likeness (QED) is 0.753. The highest BCUT2D eigenvalue weighted by molar-refractivity contribution is 5.62. The molecule has 82 valence electrons. The van der Waals surface area contributed by atoms with Crippen molar-refractivity contribution in [3.8, 4) is 0 Å². The fraction of sp³-hybridized carbons (Fsp3) is 0.545. The van der Waals surface area contributed by atoms with E-state index in [1.165, 1.54) is 0 Å². The van der Waals surface area contributed by atoms with E-state index in [4.69, 9.17) is 10.5 Å². The number of rotatable bonds is 1. The predicted molar refractivity (Wildman–Crippen MR) is 60.9 cm³/mol. The smallest absolute Gasteiger partial charge is 0.151 e. The Bertz CT molecular complexity index is 332. The Morgan fingerprint density at radius 1 is 1.40 bits per heavy atom. The third-order valence-electron chi connectivity index (χ3n) is 2.54. The molecule has 15 heavy (non-hydrogen) atoms. The number of hydrogen-bond donors (Lipinski definition) is 1. The minimum absolute atomic E-state index is 0.232. The van der Waals surface area contributed by atoms with Gasteiger partial charge in [0.1, 0.15) is 0 Å². The van der Waals surface area contributed by atoms with Crippen molar-refractivity contribution in [3.63, 3.8) is 0 Å². The highest BCUT2D eigenvalue weighted by Crippen LogP contribution is 2.23. The lowest BCUT2D eigenvalue weighted by Gasteiger charge is -2.36. The third-order valence-corrected chi connectivity index (χ3v) is 2.54. The monoisotopic (exact) mass is 207 g/mol. The lowest BCUT2D eigenvalue weighted by molar-refractivity contribution is -0.00540. The van der Waals surface area contributed by atoms with Gasteiger partial charge in [0.2, 0.25) is 0 Å². The lowest BCUT2D eigenvalue weighted by Crippen LogP contribution is -2.46. The zero-order valence-electron chi connectivity index (χ0n) is 9.18. The molecule has 1 aliphatic rings. The van der Waals surface area contributed by atoms with E-state index in [0.717, 1.165) is 24.6 Å². The van der Waals surface area contributed by atoms with Crippen LogP contribution in [0.3, 0.4) is 0 Å². The molecule has 4 heteroatoms. The van der Waals surface area contributed by atoms with Crippen LogP contribution in [-0.2, 0) is 4.74 Å². The van der Waals surface area contributed by atoms with Crippen LogP contribution in [0.1, 0.15) is 13.8 Å². The molecule has 0 aromatic carbocycles. The number of nitrogens with zero attached hydrogens (tertiary/aromatic N) is 2. The van der Waals surface area contributed by atoms with Crippen LogP contribution in [-0.4, -0.2) is 30.3 Å². The van der Waals surface area contributed by atoms with Gasteiger partial charge in [-0.05, 0) is 26.0 Å². The molecule has 0 amide bonds. The fourth-order valence-corrected chi connectivity index (χ4v) is 2.02. The van der Waals surface area contributed by atoms with Crippen molar-refractivity contribution in [2.75, 3.05) is 23.7 Å². The molecule has 0 bridgehead atoms. The van der Waals surface area contributed by atoms with Crippen molar-refractivity contribution in [2.45, 2.75) is 26.1 Å². The van der Waals surface area contributed by atoms with Crippen LogP contribution in [0.25, 0.3) is 0 Å². The van der Waals surface area contributed by atoms with Gasteiger partial charge >= 0.3 is 0 Å². The molecule has 0 radical (unpaired) electrons. The van der Waals surface area contributed by atoms with Crippen LogP contribution in [0.5, 0.6) is 0 Å². The zero-order chi connectivity index (χ0) is 10.8. The zero-order valence-corrected chi connectivity index (χ0v) is 9.18. The molecule has 4 nitrogen and oxygen atoms in total. The minimum Gasteiger partial charge on any atom is -0.396 e. The molecule has 1 fully saturated rings. The first-order valence-electron chi connectivity index (χ1n) is 5.27. The Hall–Kier alpha value is -1.29. The molecule has 2 heterocycles. The van der Waals surface area contributed by atoms with E-state index >= 15 is 0 Å². The van der Waals surface area contributed by atoms with Crippen molar-refractivity contribution < 1.29 is 4.74 Å². The number of anilines is 2. The van der Waals surface area contributed by atoms with Gasteiger partial charge in [0.15, 0.2) is 5.82 Å². The van der Waals surface area contributed by atoms with Gasteiger partial charge < -0.3 is 15.4 Å². The average molecular weight is 207 g/mol. The average Bonchev–Trinajstić information content (AvgIpc) is 2.16. The number of pyridine rings is 1. The van der Waals surface area contributed by atoms with E-state index < -0.39 is 0 Å². The van der Waals surface area contributed by atoms with Gasteiger partial charge in [0, 0.05) is 19.3 Å². The largest absolute Gasteiger partial charge is 0.396 e. The minimum atomic E-state index is 0.232. The first-order chi connectivity index (χ1) is 7.16. The van der Waals surface area contributed by atoms with E-state index in [1.807, 2.05) is 12.1 Å². The topological polar surface area (TPSA) is 51.4 Å². The van der Waals surface area contributed by atoms with Gasteiger partial charge in [0.25, 0.3) is 0 Å². The van der Waals surface area contributed by atoms with Crippen molar-refractivity contribution in [1.82, 2.24) is 4.98 Å². The molecule has 2 atom stereocenters. The van der Waals surface area contributed by atoms with Crippen LogP contribution in [0, 0.1) is 0 Å². The van der Waals surface area contributed by atoms with E-state index in [2.05, 4.69) is 23.7 Å². The number of aromatic nitrogens is 1. The molecular weight excluding hydrogens is 190 g/mol. The van der Waals surface area contributed by atoms with Crippen molar-refractivity contribution in [2.24, 2.45) is 0 Å². The SMILES string of the molecule is CC1CN(c2ncccc2N)CC(C)O1. The number of morpholine rings is 1. The molecule has 0 aliphatic carbocycles. The maximum Gasteiger partial charge on any atom is 0.151 e. The summed E-state index contributed by atoms with van der Waals surface area (Å²) in [5.41, 5.74) is 6.63. The summed E-state index contributed by atoms with van der Waals surface area (Å²) in [5.74, 6) is 0.875. The van der Waals surface area contributed by atoms with Crippen molar-refractivity contribution in [1.29, 1.82) is 0 Å².